The first-order valence-corrected chi connectivity index (χ1v) is 5.71. The molecule has 17 heavy (non-hydrogen) atoms. The van der Waals surface area contributed by atoms with Crippen LogP contribution in [0.25, 0.3) is 0 Å². The highest BCUT2D eigenvalue weighted by Crippen LogP contribution is 2.06. The maximum absolute atomic E-state index is 11.4. The molecular formula is C11H20N4O2. The molecule has 6 heteroatoms. The molecule has 0 aromatic carbocycles. The van der Waals surface area contributed by atoms with Gasteiger partial charge in [-0.1, -0.05) is 0 Å². The molecule has 0 amide bonds. The SMILES string of the molecule is CCn1cnnc1CNCC(=O)OC(C)(C)C. The van der Waals surface area contributed by atoms with Gasteiger partial charge in [-0.25, -0.2) is 0 Å². The minimum Gasteiger partial charge on any atom is -0.459 e. The van der Waals surface area contributed by atoms with E-state index >= 15 is 0 Å². The predicted molar refractivity (Wildman–Crippen MR) is 63.2 cm³/mol. The number of carbonyl (C=O) groups is 1. The summed E-state index contributed by atoms with van der Waals surface area (Å²) in [6, 6.07) is 0. The van der Waals surface area contributed by atoms with Gasteiger partial charge in [0.2, 0.25) is 0 Å². The molecule has 1 rings (SSSR count). The minimum absolute atomic E-state index is 0.174. The van der Waals surface area contributed by atoms with Crippen LogP contribution in [0.1, 0.15) is 33.5 Å². The third kappa shape index (κ3) is 4.95. The summed E-state index contributed by atoms with van der Waals surface area (Å²) < 4.78 is 7.09. The Kier molecular flexibility index (Phi) is 4.62. The number of hydrogen-bond donors (Lipinski definition) is 1. The summed E-state index contributed by atoms with van der Waals surface area (Å²) in [6.07, 6.45) is 1.67. The Balaban J connectivity index is 2.31. The zero-order valence-electron chi connectivity index (χ0n) is 10.9. The Labute approximate surface area is 101 Å². The Morgan fingerprint density at radius 2 is 2.24 bits per heavy atom. The van der Waals surface area contributed by atoms with Crippen molar-refractivity contribution >= 4 is 5.97 Å². The van der Waals surface area contributed by atoms with Gasteiger partial charge >= 0.3 is 5.97 Å². The Hall–Kier alpha value is -1.43. The van der Waals surface area contributed by atoms with Crippen molar-refractivity contribution in [3.05, 3.63) is 12.2 Å². The summed E-state index contributed by atoms with van der Waals surface area (Å²) in [5.74, 6) is 0.552. The second kappa shape index (κ2) is 5.77. The third-order valence-corrected chi connectivity index (χ3v) is 2.01. The van der Waals surface area contributed by atoms with Crippen LogP contribution in [0.2, 0.25) is 0 Å². The number of carbonyl (C=O) groups excluding carboxylic acids is 1. The van der Waals surface area contributed by atoms with Crippen molar-refractivity contribution in [2.24, 2.45) is 0 Å². The average molecular weight is 240 g/mol. The van der Waals surface area contributed by atoms with Crippen LogP contribution in [0, 0.1) is 0 Å². The lowest BCUT2D eigenvalue weighted by atomic mass is 10.2. The van der Waals surface area contributed by atoms with E-state index in [-0.39, 0.29) is 12.5 Å². The summed E-state index contributed by atoms with van der Waals surface area (Å²) in [5.41, 5.74) is -0.442. The third-order valence-electron chi connectivity index (χ3n) is 2.01. The molecule has 6 nitrogen and oxygen atoms in total. The number of ether oxygens (including phenoxy) is 1. The summed E-state index contributed by atoms with van der Waals surface area (Å²) in [7, 11) is 0. The maximum Gasteiger partial charge on any atom is 0.320 e. The number of aryl methyl sites for hydroxylation is 1. The number of rotatable bonds is 5. The molecule has 0 radical (unpaired) electrons. The van der Waals surface area contributed by atoms with Gasteiger partial charge in [-0.15, -0.1) is 10.2 Å². The van der Waals surface area contributed by atoms with Gasteiger partial charge in [0.1, 0.15) is 17.8 Å². The van der Waals surface area contributed by atoms with Crippen LogP contribution in [-0.4, -0.2) is 32.9 Å². The van der Waals surface area contributed by atoms with Crippen molar-refractivity contribution in [3.8, 4) is 0 Å². The molecule has 0 aliphatic carbocycles. The molecule has 0 saturated carbocycles. The summed E-state index contributed by atoms with van der Waals surface area (Å²) in [6.45, 7) is 9.05. The van der Waals surface area contributed by atoms with E-state index in [4.69, 9.17) is 4.74 Å². The molecule has 0 aliphatic rings. The van der Waals surface area contributed by atoms with E-state index in [2.05, 4.69) is 15.5 Å². The fraction of sp³-hybridized carbons (Fsp3) is 0.727. The minimum atomic E-state index is -0.442. The molecule has 0 spiro atoms. The Bertz CT molecular complexity index is 368. The van der Waals surface area contributed by atoms with Crippen LogP contribution < -0.4 is 5.32 Å². The van der Waals surface area contributed by atoms with Crippen LogP contribution in [-0.2, 0) is 22.6 Å². The van der Waals surface area contributed by atoms with E-state index in [9.17, 15) is 4.79 Å². The largest absolute Gasteiger partial charge is 0.459 e. The van der Waals surface area contributed by atoms with Crippen molar-refractivity contribution in [1.82, 2.24) is 20.1 Å². The zero-order valence-corrected chi connectivity index (χ0v) is 10.9. The smallest absolute Gasteiger partial charge is 0.320 e. The van der Waals surface area contributed by atoms with Crippen LogP contribution in [0.5, 0.6) is 0 Å². The number of esters is 1. The second-order valence-electron chi connectivity index (χ2n) is 4.72. The first-order chi connectivity index (χ1) is 7.92. The molecule has 0 fully saturated rings. The summed E-state index contributed by atoms with van der Waals surface area (Å²) >= 11 is 0. The van der Waals surface area contributed by atoms with Gasteiger partial charge in [0.15, 0.2) is 0 Å². The van der Waals surface area contributed by atoms with Gasteiger partial charge < -0.3 is 9.30 Å². The van der Waals surface area contributed by atoms with E-state index < -0.39 is 5.60 Å². The van der Waals surface area contributed by atoms with Crippen molar-refractivity contribution in [1.29, 1.82) is 0 Å². The topological polar surface area (TPSA) is 69.0 Å². The molecule has 0 atom stereocenters. The van der Waals surface area contributed by atoms with Crippen LogP contribution in [0.15, 0.2) is 6.33 Å². The summed E-state index contributed by atoms with van der Waals surface area (Å²) in [5, 5.41) is 10.8. The lowest BCUT2D eigenvalue weighted by Crippen LogP contribution is -2.31. The standard InChI is InChI=1S/C11H20N4O2/c1-5-15-8-13-14-9(15)6-12-7-10(16)17-11(2,3)4/h8,12H,5-7H2,1-4H3. The monoisotopic (exact) mass is 240 g/mol. The second-order valence-corrected chi connectivity index (χ2v) is 4.72. The Morgan fingerprint density at radius 3 is 2.82 bits per heavy atom. The van der Waals surface area contributed by atoms with Gasteiger partial charge in [0.25, 0.3) is 0 Å². The van der Waals surface area contributed by atoms with Gasteiger partial charge in [0.05, 0.1) is 13.1 Å². The number of nitrogens with one attached hydrogen (secondary N) is 1. The number of aromatic nitrogens is 3. The van der Waals surface area contributed by atoms with Crippen molar-refractivity contribution in [2.45, 2.75) is 46.4 Å². The lowest BCUT2D eigenvalue weighted by molar-refractivity contribution is -0.153. The quantitative estimate of drug-likeness (QED) is 0.768. The molecule has 1 heterocycles. The molecule has 0 bridgehead atoms. The molecule has 0 saturated heterocycles. The van der Waals surface area contributed by atoms with Gasteiger partial charge in [0, 0.05) is 6.54 Å². The van der Waals surface area contributed by atoms with E-state index in [0.717, 1.165) is 12.4 Å². The summed E-state index contributed by atoms with van der Waals surface area (Å²) in [4.78, 5) is 11.4. The molecule has 1 aromatic rings. The van der Waals surface area contributed by atoms with Crippen LogP contribution >= 0.6 is 0 Å². The van der Waals surface area contributed by atoms with Gasteiger partial charge in [-0.2, -0.15) is 0 Å². The Morgan fingerprint density at radius 1 is 1.53 bits per heavy atom. The first kappa shape index (κ1) is 13.6. The zero-order chi connectivity index (χ0) is 12.9. The lowest BCUT2D eigenvalue weighted by Gasteiger charge is -2.19. The average Bonchev–Trinajstić information content (AvgIpc) is 2.62. The molecule has 0 unspecified atom stereocenters. The van der Waals surface area contributed by atoms with Gasteiger partial charge in [-0.3, -0.25) is 10.1 Å². The number of nitrogens with zero attached hydrogens (tertiary/aromatic N) is 3. The van der Waals surface area contributed by atoms with Gasteiger partial charge in [-0.05, 0) is 27.7 Å². The normalized spacial score (nSPS) is 11.5. The van der Waals surface area contributed by atoms with E-state index in [1.165, 1.54) is 0 Å². The fourth-order valence-electron chi connectivity index (χ4n) is 1.33. The van der Waals surface area contributed by atoms with E-state index in [1.807, 2.05) is 32.3 Å². The van der Waals surface area contributed by atoms with Crippen LogP contribution in [0.4, 0.5) is 0 Å². The van der Waals surface area contributed by atoms with E-state index in [1.54, 1.807) is 6.33 Å². The first-order valence-electron chi connectivity index (χ1n) is 5.71. The van der Waals surface area contributed by atoms with E-state index in [0.29, 0.717) is 6.54 Å². The fourth-order valence-corrected chi connectivity index (χ4v) is 1.33. The predicted octanol–water partition coefficient (Wildman–Crippen LogP) is 0.729. The molecule has 1 aromatic heterocycles. The highest BCUT2D eigenvalue weighted by atomic mass is 16.6. The van der Waals surface area contributed by atoms with Crippen molar-refractivity contribution in [2.75, 3.05) is 6.54 Å². The molecule has 96 valence electrons. The molecule has 1 N–H and O–H groups in total. The maximum atomic E-state index is 11.4. The van der Waals surface area contributed by atoms with Crippen molar-refractivity contribution in [3.63, 3.8) is 0 Å². The molecular weight excluding hydrogens is 220 g/mol. The highest BCUT2D eigenvalue weighted by molar-refractivity contribution is 5.72. The van der Waals surface area contributed by atoms with Crippen LogP contribution in [0.3, 0.4) is 0 Å². The van der Waals surface area contributed by atoms with Crippen molar-refractivity contribution < 1.29 is 9.53 Å². The highest BCUT2D eigenvalue weighted by Gasteiger charge is 2.15. The number of hydrogen-bond acceptors (Lipinski definition) is 5. The molecule has 0 aliphatic heterocycles.